The fourth-order valence-corrected chi connectivity index (χ4v) is 13.3. The number of methoxy groups -OCH3 is 1. The molecule has 0 saturated carbocycles. The second-order valence-electron chi connectivity index (χ2n) is 28.4. The molecular formula is C75H111IN12O13. The van der Waals surface area contributed by atoms with Crippen LogP contribution in [0, 0.1) is 21.3 Å². The number of hydrogen-bond acceptors (Lipinski definition) is 13. The molecule has 0 unspecified atom stereocenters. The van der Waals surface area contributed by atoms with Crippen LogP contribution in [0.4, 0.5) is 0 Å². The van der Waals surface area contributed by atoms with Crippen LogP contribution in [0.2, 0.25) is 0 Å². The summed E-state index contributed by atoms with van der Waals surface area (Å²) < 4.78 is 6.22. The predicted octanol–water partition coefficient (Wildman–Crippen LogP) is 5.08. The molecule has 12 amide bonds. The molecule has 0 bridgehead atoms. The maximum absolute atomic E-state index is 15.7. The van der Waals surface area contributed by atoms with E-state index in [2.05, 4.69) is 43.9 Å². The number of nitrogens with one attached hydrogen (secondary N) is 4. The fourth-order valence-electron chi connectivity index (χ4n) is 12.7. The van der Waals surface area contributed by atoms with Crippen LogP contribution in [-0.2, 0) is 76.8 Å². The van der Waals surface area contributed by atoms with Crippen LogP contribution in [0.15, 0.2) is 78.9 Å². The van der Waals surface area contributed by atoms with E-state index in [4.69, 9.17) is 4.74 Å². The Balaban J connectivity index is 1.68. The van der Waals surface area contributed by atoms with E-state index in [0.29, 0.717) is 67.6 Å². The first kappa shape index (κ1) is 83.5. The lowest BCUT2D eigenvalue weighted by atomic mass is 9.88. The molecule has 4 N–H and O–H groups in total. The lowest BCUT2D eigenvalue weighted by molar-refractivity contribution is -0.152. The molecule has 3 aromatic carbocycles. The molecule has 2 aliphatic heterocycles. The van der Waals surface area contributed by atoms with E-state index < -0.39 is 151 Å². The average Bonchev–Trinajstić information content (AvgIpc) is 0.791. The summed E-state index contributed by atoms with van der Waals surface area (Å²) in [6.45, 7) is 13.6. The third-order valence-corrected chi connectivity index (χ3v) is 20.2. The Morgan fingerprint density at radius 2 is 1.18 bits per heavy atom. The number of unbranched alkanes of at least 4 members (excludes halogenated alkanes) is 1. The van der Waals surface area contributed by atoms with Crippen LogP contribution < -0.4 is 26.0 Å². The molecule has 9 atom stereocenters. The van der Waals surface area contributed by atoms with E-state index in [1.54, 1.807) is 79.4 Å². The van der Waals surface area contributed by atoms with E-state index in [1.807, 2.05) is 59.7 Å². The highest BCUT2D eigenvalue weighted by molar-refractivity contribution is 14.1. The Labute approximate surface area is 611 Å². The number of hydrogen-bond donors (Lipinski definition) is 4. The van der Waals surface area contributed by atoms with Gasteiger partial charge < -0.3 is 65.2 Å². The lowest BCUT2D eigenvalue weighted by Crippen LogP contribution is -2.65. The molecule has 3 aromatic rings. The highest BCUT2D eigenvalue weighted by atomic mass is 127. The fraction of sp³-hybridized carbons (Fsp3) is 0.600. The van der Waals surface area contributed by atoms with E-state index in [-0.39, 0.29) is 50.4 Å². The first-order valence-corrected chi connectivity index (χ1v) is 36.4. The van der Waals surface area contributed by atoms with Crippen LogP contribution in [-0.4, -0.2) is 247 Å². The first-order chi connectivity index (χ1) is 47.6. The second kappa shape index (κ2) is 39.3. The number of nitrogens with zero attached hydrogens (tertiary/aromatic N) is 8. The van der Waals surface area contributed by atoms with Gasteiger partial charge in [0.25, 0.3) is 0 Å². The third-order valence-electron chi connectivity index (χ3n) is 19.5. The lowest BCUT2D eigenvalue weighted by Gasteiger charge is -2.41. The van der Waals surface area contributed by atoms with Crippen molar-refractivity contribution in [3.05, 3.63) is 99.1 Å². The van der Waals surface area contributed by atoms with Gasteiger partial charge in [-0.1, -0.05) is 122 Å². The molecule has 0 aliphatic carbocycles. The quantitative estimate of drug-likeness (QED) is 0.128. The first-order valence-electron chi connectivity index (χ1n) is 35.4. The molecule has 25 nitrogen and oxygen atoms in total. The summed E-state index contributed by atoms with van der Waals surface area (Å²) in [4.78, 5) is 189. The van der Waals surface area contributed by atoms with E-state index >= 15 is 28.8 Å². The van der Waals surface area contributed by atoms with Crippen molar-refractivity contribution in [2.24, 2.45) is 17.8 Å². The van der Waals surface area contributed by atoms with Crippen molar-refractivity contribution in [1.82, 2.24) is 60.5 Å². The zero-order valence-corrected chi connectivity index (χ0v) is 64.4. The molecule has 556 valence electrons. The minimum absolute atomic E-state index is 0.0467. The minimum Gasteiger partial charge on any atom is -0.497 e. The number of rotatable bonds is 17. The topological polar surface area (TPSA) is 288 Å². The zero-order valence-electron chi connectivity index (χ0n) is 62.3. The zero-order chi connectivity index (χ0) is 75.2. The number of amides is 12. The highest BCUT2D eigenvalue weighted by Gasteiger charge is 2.46. The SMILES string of the molecule is CCCC[C@@H]1NC(=O)[C@H](Cc2cccc(I)c2)NC(=O)CN(C)C(=O)[C@H](Cc2ccc(OC)cc2)N(C)C(=O)CN(C)C(=O)CN(C)C(=O)[C@H]([C@@H](C)CC)NC(=O)[C@H](CC(C)C)N(C)C(=O)C[C@@H](C(=O)N2CCCCC2)N(C)C(=O)[C@H](CC(C)C)NC(=O)[C@](C)(Cc2ccccc2)N(C)C1=O. The largest absolute Gasteiger partial charge is 0.497 e. The minimum atomic E-state index is -1.79. The van der Waals surface area contributed by atoms with Crippen molar-refractivity contribution < 1.29 is 62.3 Å². The summed E-state index contributed by atoms with van der Waals surface area (Å²) >= 11 is 2.14. The molecule has 2 heterocycles. The monoisotopic (exact) mass is 1510 g/mol. The second-order valence-corrected chi connectivity index (χ2v) is 29.7. The van der Waals surface area contributed by atoms with Crippen LogP contribution in [0.25, 0.3) is 0 Å². The highest BCUT2D eigenvalue weighted by Crippen LogP contribution is 2.27. The van der Waals surface area contributed by atoms with Crippen molar-refractivity contribution >= 4 is 93.5 Å². The number of carbonyl (C=O) groups is 12. The van der Waals surface area contributed by atoms with Crippen molar-refractivity contribution in [3.8, 4) is 5.75 Å². The summed E-state index contributed by atoms with van der Waals surface area (Å²) in [5.74, 6) is -8.39. The van der Waals surface area contributed by atoms with E-state index in [0.717, 1.165) is 24.7 Å². The van der Waals surface area contributed by atoms with Crippen LogP contribution in [0.3, 0.4) is 0 Å². The van der Waals surface area contributed by atoms with Crippen LogP contribution in [0.1, 0.15) is 136 Å². The Morgan fingerprint density at radius 1 is 0.574 bits per heavy atom. The van der Waals surface area contributed by atoms with Gasteiger partial charge in [-0.05, 0) is 127 Å². The smallest absolute Gasteiger partial charge is 0.246 e. The van der Waals surface area contributed by atoms with Gasteiger partial charge in [0.05, 0.1) is 33.2 Å². The number of ether oxygens (including phenoxy) is 1. The predicted molar refractivity (Wildman–Crippen MR) is 394 cm³/mol. The van der Waals surface area contributed by atoms with Gasteiger partial charge in [0.15, 0.2) is 0 Å². The Morgan fingerprint density at radius 3 is 1.77 bits per heavy atom. The summed E-state index contributed by atoms with van der Waals surface area (Å²) in [6.07, 6.45) is 3.26. The van der Waals surface area contributed by atoms with Crippen molar-refractivity contribution in [3.63, 3.8) is 0 Å². The van der Waals surface area contributed by atoms with Crippen LogP contribution in [0.5, 0.6) is 5.75 Å². The van der Waals surface area contributed by atoms with Crippen molar-refractivity contribution in [1.29, 1.82) is 0 Å². The molecule has 0 spiro atoms. The van der Waals surface area contributed by atoms with Gasteiger partial charge in [0.2, 0.25) is 70.9 Å². The summed E-state index contributed by atoms with van der Waals surface area (Å²) in [5, 5.41) is 11.7. The maximum atomic E-state index is 15.7. The standard InChI is InChI=1S/C75H111IN12O13/c1-17-19-31-56-70(96)87(15)75(8,44-52-27-22-20-23-28-52)74(100)79-58(38-48(3)4)69(95)86(14)61(72(98)88-36-24-21-25-37-88)43-63(90)84(12)59(39-49(5)6)68(94)80-66(50(7)18-2)73(99)83(11)46-64(91)81(9)47-65(92)85(13)60(42-51-32-34-55(101-16)35-33-51)71(97)82(10)45-62(89)77-57(67(93)78-56)41-53-29-26-30-54(76)40-53/h20,22-23,26-30,32-35,40,48-50,56-61,66H,17-19,21,24-25,31,36-39,41-47H2,1-16H3,(H,77,89)(H,78,93)(H,79,100)(H,80,94)/t50-,56-,57-,58-,59-,60-,61-,66-,75-/m0/s1. The Kier molecular flexibility index (Phi) is 32.5. The van der Waals surface area contributed by atoms with E-state index in [9.17, 15) is 28.8 Å². The number of halogens is 1. The molecule has 0 radical (unpaired) electrons. The molecule has 5 rings (SSSR count). The van der Waals surface area contributed by atoms with Gasteiger partial charge in [-0.3, -0.25) is 57.5 Å². The molecule has 26 heteroatoms. The van der Waals surface area contributed by atoms with Gasteiger partial charge >= 0.3 is 0 Å². The third kappa shape index (κ3) is 23.7. The molecule has 2 saturated heterocycles. The number of benzene rings is 3. The summed E-state index contributed by atoms with van der Waals surface area (Å²) in [5.41, 5.74) is 0.151. The summed E-state index contributed by atoms with van der Waals surface area (Å²) in [6, 6.07) is 14.1. The van der Waals surface area contributed by atoms with Crippen LogP contribution >= 0.6 is 22.6 Å². The average molecular weight is 1520 g/mol. The normalized spacial score (nSPS) is 24.0. The number of carbonyl (C=O) groups excluding carboxylic acids is 12. The Bertz CT molecular complexity index is 3350. The van der Waals surface area contributed by atoms with E-state index in [1.165, 1.54) is 76.0 Å². The van der Waals surface area contributed by atoms with Crippen molar-refractivity contribution in [2.75, 3.05) is 89.2 Å². The molecule has 101 heavy (non-hydrogen) atoms. The summed E-state index contributed by atoms with van der Waals surface area (Å²) in [7, 11) is 11.4. The number of likely N-dealkylation sites (tertiary alicyclic amines) is 1. The van der Waals surface area contributed by atoms with Gasteiger partial charge in [0.1, 0.15) is 53.6 Å². The van der Waals surface area contributed by atoms with Gasteiger partial charge in [-0.2, -0.15) is 0 Å². The number of piperidine rings is 1. The maximum Gasteiger partial charge on any atom is 0.246 e. The molecule has 2 fully saturated rings. The van der Waals surface area contributed by atoms with Gasteiger partial charge in [0, 0.05) is 85.3 Å². The molecular weight excluding hydrogens is 1400 g/mol. The van der Waals surface area contributed by atoms with Crippen molar-refractivity contribution in [2.45, 2.75) is 187 Å². The molecule has 2 aliphatic rings. The Hall–Kier alpha value is -8.17. The van der Waals surface area contributed by atoms with Gasteiger partial charge in [-0.25, -0.2) is 0 Å². The number of likely N-dealkylation sites (N-methyl/N-ethyl adjacent to an activating group) is 7. The van der Waals surface area contributed by atoms with Gasteiger partial charge in [-0.15, -0.1) is 0 Å². The molecule has 0 aromatic heterocycles.